The van der Waals surface area contributed by atoms with E-state index in [1.54, 1.807) is 30.2 Å². The molecule has 0 saturated carbocycles. The Kier molecular flexibility index (Phi) is 6.05. The number of carbonyl (C=O) groups is 1. The summed E-state index contributed by atoms with van der Waals surface area (Å²) in [5.41, 5.74) is 2.59. The van der Waals surface area contributed by atoms with E-state index in [1.807, 2.05) is 38.1 Å². The Morgan fingerprint density at radius 2 is 1.89 bits per heavy atom. The minimum Gasteiger partial charge on any atom is -0.497 e. The van der Waals surface area contributed by atoms with Gasteiger partial charge in [-0.2, -0.15) is 0 Å². The number of ether oxygens (including phenoxy) is 1. The maximum Gasteiger partial charge on any atom is 0.241 e. The molecule has 7 heteroatoms. The maximum absolute atomic E-state index is 13.0. The lowest BCUT2D eigenvalue weighted by Crippen LogP contribution is -2.29. The second-order valence-electron chi connectivity index (χ2n) is 6.79. The molecule has 0 spiro atoms. The summed E-state index contributed by atoms with van der Waals surface area (Å²) in [5.74, 6) is 0.782. The van der Waals surface area contributed by atoms with Gasteiger partial charge < -0.3 is 9.64 Å². The third-order valence-electron chi connectivity index (χ3n) is 5.08. The summed E-state index contributed by atoms with van der Waals surface area (Å²) in [5, 5.41) is 0. The summed E-state index contributed by atoms with van der Waals surface area (Å²) >= 11 is 0. The van der Waals surface area contributed by atoms with Crippen molar-refractivity contribution in [2.75, 3.05) is 18.6 Å². The lowest BCUT2D eigenvalue weighted by atomic mass is 10.1. The topological polar surface area (TPSA) is 75.7 Å². The molecule has 6 nitrogen and oxygen atoms in total. The molecular weight excluding hydrogens is 376 g/mol. The van der Waals surface area contributed by atoms with E-state index in [1.165, 1.54) is 0 Å². The van der Waals surface area contributed by atoms with E-state index in [9.17, 15) is 13.2 Å². The van der Waals surface area contributed by atoms with E-state index in [0.717, 1.165) is 22.6 Å². The first-order valence-corrected chi connectivity index (χ1v) is 11.0. The van der Waals surface area contributed by atoms with Gasteiger partial charge in [-0.05, 0) is 54.3 Å². The number of sulfonamides is 1. The highest BCUT2D eigenvalue weighted by Gasteiger charge is 2.27. The Labute approximate surface area is 166 Å². The van der Waals surface area contributed by atoms with E-state index >= 15 is 0 Å². The van der Waals surface area contributed by atoms with Crippen LogP contribution in [0.15, 0.2) is 47.4 Å². The van der Waals surface area contributed by atoms with Crippen LogP contribution in [0.2, 0.25) is 0 Å². The van der Waals surface area contributed by atoms with E-state index in [2.05, 4.69) is 4.72 Å². The first-order valence-electron chi connectivity index (χ1n) is 9.49. The number of nitrogens with zero attached hydrogens (tertiary/aromatic N) is 1. The van der Waals surface area contributed by atoms with Crippen molar-refractivity contribution in [2.24, 2.45) is 0 Å². The van der Waals surface area contributed by atoms with Crippen molar-refractivity contribution in [3.05, 3.63) is 53.6 Å². The molecule has 1 unspecified atom stereocenters. The van der Waals surface area contributed by atoms with Crippen LogP contribution < -0.4 is 14.4 Å². The van der Waals surface area contributed by atoms with Crippen LogP contribution in [-0.2, 0) is 21.2 Å². The minimum absolute atomic E-state index is 0.0537. The molecule has 1 atom stereocenters. The highest BCUT2D eigenvalue weighted by atomic mass is 32.2. The molecular formula is C21H26N2O4S. The predicted octanol–water partition coefficient (Wildman–Crippen LogP) is 3.42. The highest BCUT2D eigenvalue weighted by Crippen LogP contribution is 2.31. The van der Waals surface area contributed by atoms with Crippen molar-refractivity contribution in [2.45, 2.75) is 44.0 Å². The third-order valence-corrected chi connectivity index (χ3v) is 6.55. The molecule has 0 saturated heterocycles. The summed E-state index contributed by atoms with van der Waals surface area (Å²) in [6.45, 7) is 4.36. The quantitative estimate of drug-likeness (QED) is 0.770. The van der Waals surface area contributed by atoms with Gasteiger partial charge in [0, 0.05) is 24.7 Å². The smallest absolute Gasteiger partial charge is 0.241 e. The van der Waals surface area contributed by atoms with Gasteiger partial charge in [0.05, 0.1) is 12.0 Å². The van der Waals surface area contributed by atoms with Gasteiger partial charge in [0.25, 0.3) is 0 Å². The summed E-state index contributed by atoms with van der Waals surface area (Å²) in [7, 11) is -2.09. The summed E-state index contributed by atoms with van der Waals surface area (Å²) in [6.07, 6.45) is 1.72. The van der Waals surface area contributed by atoms with Crippen molar-refractivity contribution in [1.29, 1.82) is 0 Å². The molecule has 2 aromatic carbocycles. The summed E-state index contributed by atoms with van der Waals surface area (Å²) in [4.78, 5) is 14.0. The monoisotopic (exact) mass is 402 g/mol. The Hall–Kier alpha value is -2.38. The molecule has 0 aliphatic carbocycles. The molecule has 3 rings (SSSR count). The molecule has 0 radical (unpaired) electrons. The zero-order valence-electron chi connectivity index (χ0n) is 16.4. The Morgan fingerprint density at radius 1 is 1.18 bits per heavy atom. The lowest BCUT2D eigenvalue weighted by Gasteiger charge is -2.19. The molecule has 1 amide bonds. The molecule has 2 aromatic rings. The predicted molar refractivity (Wildman–Crippen MR) is 109 cm³/mol. The Bertz CT molecular complexity index is 955. The van der Waals surface area contributed by atoms with Crippen molar-refractivity contribution in [3.63, 3.8) is 0 Å². The Balaban J connectivity index is 1.83. The maximum atomic E-state index is 13.0. The standard InChI is InChI=1S/C21H26N2O4S/c1-4-19(15-6-8-17(27-3)9-7-15)22-28(25,26)18-10-11-20-16(14-18)12-13-23(20)21(24)5-2/h6-11,14,19,22H,4-5,12-13H2,1-3H3. The van der Waals surface area contributed by atoms with Gasteiger partial charge in [-0.3, -0.25) is 4.79 Å². The average Bonchev–Trinajstić information content (AvgIpc) is 3.15. The molecule has 0 aromatic heterocycles. The van der Waals surface area contributed by atoms with Crippen molar-refractivity contribution in [1.82, 2.24) is 4.72 Å². The normalized spacial score (nSPS) is 14.6. The van der Waals surface area contributed by atoms with Crippen LogP contribution in [0.3, 0.4) is 0 Å². The molecule has 1 aliphatic heterocycles. The number of anilines is 1. The van der Waals surface area contributed by atoms with E-state index < -0.39 is 10.0 Å². The van der Waals surface area contributed by atoms with Crippen LogP contribution in [-0.4, -0.2) is 28.0 Å². The van der Waals surface area contributed by atoms with Gasteiger partial charge in [-0.1, -0.05) is 26.0 Å². The summed E-state index contributed by atoms with van der Waals surface area (Å²) < 4.78 is 33.9. The number of nitrogens with one attached hydrogen (secondary N) is 1. The number of rotatable bonds is 7. The lowest BCUT2D eigenvalue weighted by molar-refractivity contribution is -0.118. The summed E-state index contributed by atoms with van der Waals surface area (Å²) in [6, 6.07) is 12.0. The molecule has 1 aliphatic rings. The SMILES string of the molecule is CCC(=O)N1CCc2cc(S(=O)(=O)NC(CC)c3ccc(OC)cc3)ccc21. The number of fused-ring (bicyclic) bond motifs is 1. The zero-order chi connectivity index (χ0) is 20.3. The first-order chi connectivity index (χ1) is 13.4. The number of hydrogen-bond donors (Lipinski definition) is 1. The van der Waals surface area contributed by atoms with Gasteiger partial charge in [-0.15, -0.1) is 0 Å². The van der Waals surface area contributed by atoms with Gasteiger partial charge in [0.2, 0.25) is 15.9 Å². The first kappa shape index (κ1) is 20.4. The highest BCUT2D eigenvalue weighted by molar-refractivity contribution is 7.89. The van der Waals surface area contributed by atoms with Gasteiger partial charge in [0.15, 0.2) is 0 Å². The molecule has 1 N–H and O–H groups in total. The van der Waals surface area contributed by atoms with Crippen molar-refractivity contribution < 1.29 is 17.9 Å². The average molecular weight is 403 g/mol. The van der Waals surface area contributed by atoms with E-state index in [-0.39, 0.29) is 16.8 Å². The van der Waals surface area contributed by atoms with Crippen molar-refractivity contribution >= 4 is 21.6 Å². The number of carbonyl (C=O) groups excluding carboxylic acids is 1. The molecule has 28 heavy (non-hydrogen) atoms. The minimum atomic E-state index is -3.68. The van der Waals surface area contributed by atoms with E-state index in [0.29, 0.717) is 25.8 Å². The fraction of sp³-hybridized carbons (Fsp3) is 0.381. The molecule has 1 heterocycles. The van der Waals surface area contributed by atoms with Gasteiger partial charge in [0.1, 0.15) is 5.75 Å². The van der Waals surface area contributed by atoms with E-state index in [4.69, 9.17) is 4.74 Å². The number of hydrogen-bond acceptors (Lipinski definition) is 4. The van der Waals surface area contributed by atoms with Crippen LogP contribution in [0.25, 0.3) is 0 Å². The van der Waals surface area contributed by atoms with Crippen LogP contribution in [0, 0.1) is 0 Å². The van der Waals surface area contributed by atoms with Crippen LogP contribution in [0.1, 0.15) is 43.9 Å². The Morgan fingerprint density at radius 3 is 2.50 bits per heavy atom. The van der Waals surface area contributed by atoms with Crippen molar-refractivity contribution in [3.8, 4) is 5.75 Å². The van der Waals surface area contributed by atoms with Gasteiger partial charge >= 0.3 is 0 Å². The third kappa shape index (κ3) is 4.05. The largest absolute Gasteiger partial charge is 0.497 e. The molecule has 0 bridgehead atoms. The van der Waals surface area contributed by atoms with Crippen LogP contribution >= 0.6 is 0 Å². The fourth-order valence-corrected chi connectivity index (χ4v) is 4.83. The zero-order valence-corrected chi connectivity index (χ0v) is 17.3. The molecule has 0 fully saturated rings. The second-order valence-corrected chi connectivity index (χ2v) is 8.51. The number of benzene rings is 2. The number of amides is 1. The second kappa shape index (κ2) is 8.32. The molecule has 150 valence electrons. The van der Waals surface area contributed by atoms with Crippen LogP contribution in [0.5, 0.6) is 5.75 Å². The van der Waals surface area contributed by atoms with Gasteiger partial charge in [-0.25, -0.2) is 13.1 Å². The number of methoxy groups -OCH3 is 1. The fourth-order valence-electron chi connectivity index (χ4n) is 3.47. The van der Waals surface area contributed by atoms with Crippen LogP contribution in [0.4, 0.5) is 5.69 Å².